The summed E-state index contributed by atoms with van der Waals surface area (Å²) in [5.41, 5.74) is 2.86. The van der Waals surface area contributed by atoms with E-state index in [4.69, 9.17) is 0 Å². The summed E-state index contributed by atoms with van der Waals surface area (Å²) in [6.07, 6.45) is 0.746. The molecule has 130 valence electrons. The number of aryl methyl sites for hydroxylation is 2. The number of carbonyl (C=O) groups excluding carboxylic acids is 1. The number of para-hydroxylation sites is 1. The summed E-state index contributed by atoms with van der Waals surface area (Å²) >= 11 is 1.19. The van der Waals surface area contributed by atoms with E-state index < -0.39 is 10.0 Å². The van der Waals surface area contributed by atoms with Crippen LogP contribution in [0.3, 0.4) is 0 Å². The van der Waals surface area contributed by atoms with E-state index >= 15 is 0 Å². The number of anilines is 1. The van der Waals surface area contributed by atoms with Crippen molar-refractivity contribution in [2.45, 2.75) is 30.9 Å². The number of nitrogens with zero attached hydrogens (tertiary/aromatic N) is 1. The van der Waals surface area contributed by atoms with Crippen molar-refractivity contribution in [2.24, 2.45) is 0 Å². The Labute approximate surface area is 147 Å². The summed E-state index contributed by atoms with van der Waals surface area (Å²) in [5.74, 6) is -0.102. The zero-order valence-corrected chi connectivity index (χ0v) is 15.7. The molecule has 24 heavy (non-hydrogen) atoms. The van der Waals surface area contributed by atoms with Crippen LogP contribution in [0.25, 0.3) is 0 Å². The zero-order chi connectivity index (χ0) is 17.7. The third-order valence-corrected chi connectivity index (χ3v) is 7.01. The van der Waals surface area contributed by atoms with E-state index in [9.17, 15) is 13.2 Å². The van der Waals surface area contributed by atoms with E-state index in [1.807, 2.05) is 32.0 Å². The molecule has 1 aromatic carbocycles. The first-order valence-electron chi connectivity index (χ1n) is 7.68. The maximum atomic E-state index is 12.3. The number of thiophene rings is 1. The SMILES string of the molecule is Cc1cccc(C)c1NC(=O)CCCN(C)S(=O)(=O)c1cccs1. The molecule has 0 spiro atoms. The van der Waals surface area contributed by atoms with E-state index in [1.165, 1.54) is 15.6 Å². The molecule has 0 bridgehead atoms. The maximum Gasteiger partial charge on any atom is 0.252 e. The fraction of sp³-hybridized carbons (Fsp3) is 0.353. The number of amides is 1. The lowest BCUT2D eigenvalue weighted by Gasteiger charge is -2.16. The highest BCUT2D eigenvalue weighted by atomic mass is 32.2. The van der Waals surface area contributed by atoms with Crippen molar-refractivity contribution in [1.82, 2.24) is 4.31 Å². The van der Waals surface area contributed by atoms with Gasteiger partial charge in [-0.1, -0.05) is 24.3 Å². The average Bonchev–Trinajstić information content (AvgIpc) is 3.06. The van der Waals surface area contributed by atoms with E-state index in [1.54, 1.807) is 24.6 Å². The number of hydrogen-bond donors (Lipinski definition) is 1. The van der Waals surface area contributed by atoms with Crippen LogP contribution in [0, 0.1) is 13.8 Å². The topological polar surface area (TPSA) is 66.5 Å². The maximum absolute atomic E-state index is 12.3. The van der Waals surface area contributed by atoms with E-state index in [-0.39, 0.29) is 12.3 Å². The van der Waals surface area contributed by atoms with Gasteiger partial charge in [-0.15, -0.1) is 11.3 Å². The van der Waals surface area contributed by atoms with E-state index in [2.05, 4.69) is 5.32 Å². The van der Waals surface area contributed by atoms with Gasteiger partial charge in [-0.05, 0) is 42.8 Å². The van der Waals surface area contributed by atoms with Crippen LogP contribution in [-0.4, -0.2) is 32.2 Å². The molecule has 2 aromatic rings. The van der Waals surface area contributed by atoms with Gasteiger partial charge in [0.25, 0.3) is 10.0 Å². The van der Waals surface area contributed by atoms with Gasteiger partial charge in [0.1, 0.15) is 4.21 Å². The zero-order valence-electron chi connectivity index (χ0n) is 14.1. The van der Waals surface area contributed by atoms with Crippen molar-refractivity contribution < 1.29 is 13.2 Å². The second-order valence-electron chi connectivity index (χ2n) is 5.68. The van der Waals surface area contributed by atoms with E-state index in [0.717, 1.165) is 16.8 Å². The Morgan fingerprint density at radius 1 is 1.17 bits per heavy atom. The molecular formula is C17H22N2O3S2. The molecule has 0 aliphatic carbocycles. The van der Waals surface area contributed by atoms with Gasteiger partial charge in [-0.2, -0.15) is 0 Å². The Balaban J connectivity index is 1.87. The number of carbonyl (C=O) groups is 1. The average molecular weight is 367 g/mol. The molecule has 0 saturated carbocycles. The number of nitrogens with one attached hydrogen (secondary N) is 1. The van der Waals surface area contributed by atoms with Crippen molar-refractivity contribution in [2.75, 3.05) is 18.9 Å². The van der Waals surface area contributed by atoms with Gasteiger partial charge in [0.15, 0.2) is 0 Å². The van der Waals surface area contributed by atoms with Crippen LogP contribution in [0.4, 0.5) is 5.69 Å². The smallest absolute Gasteiger partial charge is 0.252 e. The van der Waals surface area contributed by atoms with Gasteiger partial charge < -0.3 is 5.32 Å². The van der Waals surface area contributed by atoms with Gasteiger partial charge in [0, 0.05) is 25.7 Å². The minimum absolute atomic E-state index is 0.102. The Hall–Kier alpha value is -1.70. The van der Waals surface area contributed by atoms with Gasteiger partial charge in [0.05, 0.1) is 0 Å². The Bertz CT molecular complexity index is 779. The van der Waals surface area contributed by atoms with Crippen LogP contribution in [0.5, 0.6) is 0 Å². The predicted octanol–water partition coefficient (Wildman–Crippen LogP) is 3.40. The van der Waals surface area contributed by atoms with Crippen molar-refractivity contribution >= 4 is 33.0 Å². The van der Waals surface area contributed by atoms with Gasteiger partial charge in [-0.25, -0.2) is 12.7 Å². The van der Waals surface area contributed by atoms with Crippen LogP contribution in [0.1, 0.15) is 24.0 Å². The predicted molar refractivity (Wildman–Crippen MR) is 97.9 cm³/mol. The van der Waals surface area contributed by atoms with Gasteiger partial charge >= 0.3 is 0 Å². The summed E-state index contributed by atoms with van der Waals surface area (Å²) in [5, 5.41) is 4.65. The molecular weight excluding hydrogens is 344 g/mol. The summed E-state index contributed by atoms with van der Waals surface area (Å²) in [6, 6.07) is 9.15. The molecule has 0 aliphatic rings. The van der Waals surface area contributed by atoms with Gasteiger partial charge in [0.2, 0.25) is 5.91 Å². The molecule has 5 nitrogen and oxygen atoms in total. The summed E-state index contributed by atoms with van der Waals surface area (Å²) in [6.45, 7) is 4.20. The van der Waals surface area contributed by atoms with Gasteiger partial charge in [-0.3, -0.25) is 4.79 Å². The first-order valence-corrected chi connectivity index (χ1v) is 10.0. The highest BCUT2D eigenvalue weighted by Crippen LogP contribution is 2.21. The largest absolute Gasteiger partial charge is 0.326 e. The lowest BCUT2D eigenvalue weighted by molar-refractivity contribution is -0.116. The minimum Gasteiger partial charge on any atom is -0.326 e. The Morgan fingerprint density at radius 2 is 1.83 bits per heavy atom. The summed E-state index contributed by atoms with van der Waals surface area (Å²) in [7, 11) is -1.91. The standard InChI is InChI=1S/C17H22N2O3S2/c1-13-7-4-8-14(2)17(13)18-15(20)9-5-11-19(3)24(21,22)16-10-6-12-23-16/h4,6-8,10,12H,5,9,11H2,1-3H3,(H,18,20). The third kappa shape index (κ3) is 4.43. The number of hydrogen-bond acceptors (Lipinski definition) is 4. The number of benzene rings is 1. The highest BCUT2D eigenvalue weighted by molar-refractivity contribution is 7.91. The number of sulfonamides is 1. The fourth-order valence-corrected chi connectivity index (χ4v) is 4.77. The number of rotatable bonds is 7. The normalized spacial score (nSPS) is 11.7. The molecule has 0 aliphatic heterocycles. The molecule has 0 fully saturated rings. The van der Waals surface area contributed by atoms with Crippen LogP contribution < -0.4 is 5.32 Å². The van der Waals surface area contributed by atoms with Crippen LogP contribution in [0.15, 0.2) is 39.9 Å². The lowest BCUT2D eigenvalue weighted by Crippen LogP contribution is -2.28. The molecule has 1 aromatic heterocycles. The monoisotopic (exact) mass is 366 g/mol. The molecule has 2 rings (SSSR count). The first kappa shape index (κ1) is 18.6. The molecule has 7 heteroatoms. The molecule has 0 atom stereocenters. The van der Waals surface area contributed by atoms with Crippen LogP contribution in [0.2, 0.25) is 0 Å². The fourth-order valence-electron chi connectivity index (χ4n) is 2.36. The molecule has 0 unspecified atom stereocenters. The Morgan fingerprint density at radius 3 is 2.42 bits per heavy atom. The third-order valence-electron chi connectivity index (χ3n) is 3.78. The highest BCUT2D eigenvalue weighted by Gasteiger charge is 2.21. The van der Waals surface area contributed by atoms with Crippen molar-refractivity contribution in [3.05, 3.63) is 46.8 Å². The molecule has 0 saturated heterocycles. The van der Waals surface area contributed by atoms with Crippen molar-refractivity contribution in [1.29, 1.82) is 0 Å². The minimum atomic E-state index is -3.45. The second-order valence-corrected chi connectivity index (χ2v) is 8.90. The lowest BCUT2D eigenvalue weighted by atomic mass is 10.1. The second kappa shape index (κ2) is 7.92. The van der Waals surface area contributed by atoms with Crippen LogP contribution >= 0.6 is 11.3 Å². The molecule has 1 heterocycles. The van der Waals surface area contributed by atoms with E-state index in [0.29, 0.717) is 17.2 Å². The van der Waals surface area contributed by atoms with Crippen LogP contribution in [-0.2, 0) is 14.8 Å². The first-order chi connectivity index (χ1) is 11.3. The van der Waals surface area contributed by atoms with Crippen molar-refractivity contribution in [3.63, 3.8) is 0 Å². The molecule has 0 radical (unpaired) electrons. The van der Waals surface area contributed by atoms with Crippen molar-refractivity contribution in [3.8, 4) is 0 Å². The summed E-state index contributed by atoms with van der Waals surface area (Å²) in [4.78, 5) is 12.1. The quantitative estimate of drug-likeness (QED) is 0.817. The summed E-state index contributed by atoms with van der Waals surface area (Å²) < 4.78 is 26.2. The molecule has 1 N–H and O–H groups in total. The molecule has 1 amide bonds. The Kier molecular flexibility index (Phi) is 6.15.